The van der Waals surface area contributed by atoms with E-state index in [0.29, 0.717) is 31.1 Å². The molecule has 1 saturated heterocycles. The molecule has 1 aromatic heterocycles. The molecule has 3 aromatic rings. The van der Waals surface area contributed by atoms with Crippen LogP contribution in [0.15, 0.2) is 46.8 Å². The molecule has 1 aliphatic heterocycles. The zero-order valence-electron chi connectivity index (χ0n) is 21.1. The Morgan fingerprint density at radius 2 is 1.95 bits per heavy atom. The summed E-state index contributed by atoms with van der Waals surface area (Å²) < 4.78 is 41.8. The predicted octanol–water partition coefficient (Wildman–Crippen LogP) is 5.49. The molecule has 0 radical (unpaired) electrons. The van der Waals surface area contributed by atoms with Crippen molar-refractivity contribution in [1.29, 1.82) is 5.41 Å². The molecule has 7 nitrogen and oxygen atoms in total. The maximum Gasteiger partial charge on any atom is 0.261 e. The number of hydrogen-bond acceptors (Lipinski definition) is 7. The number of aryl methyl sites for hydroxylation is 2. The van der Waals surface area contributed by atoms with Crippen molar-refractivity contribution in [1.82, 2.24) is 14.2 Å². The minimum absolute atomic E-state index is 0.122. The van der Waals surface area contributed by atoms with Gasteiger partial charge in [0.05, 0.1) is 5.01 Å². The van der Waals surface area contributed by atoms with Gasteiger partial charge in [0.1, 0.15) is 5.82 Å². The van der Waals surface area contributed by atoms with Gasteiger partial charge in [0.25, 0.3) is 10.0 Å². The van der Waals surface area contributed by atoms with Crippen molar-refractivity contribution in [2.45, 2.75) is 44.2 Å². The third-order valence-electron chi connectivity index (χ3n) is 7.45. The summed E-state index contributed by atoms with van der Waals surface area (Å²) in [5.41, 5.74) is 4.23. The fourth-order valence-electron chi connectivity index (χ4n) is 5.15. The zero-order chi connectivity index (χ0) is 26.2. The van der Waals surface area contributed by atoms with Gasteiger partial charge in [-0.2, -0.15) is 4.31 Å². The van der Waals surface area contributed by atoms with E-state index in [0.717, 1.165) is 34.1 Å². The molecule has 196 valence electrons. The molecule has 2 N–H and O–H groups in total. The largest absolute Gasteiger partial charge is 0.355 e. The lowest BCUT2D eigenvalue weighted by Crippen LogP contribution is -2.52. The zero-order valence-corrected chi connectivity index (χ0v) is 22.7. The Labute approximate surface area is 221 Å². The Hall–Kier alpha value is -2.66. The van der Waals surface area contributed by atoms with E-state index in [4.69, 9.17) is 5.41 Å². The van der Waals surface area contributed by atoms with Gasteiger partial charge in [0.2, 0.25) is 0 Å². The molecule has 1 saturated carbocycles. The second-order valence-corrected chi connectivity index (χ2v) is 12.9. The third-order valence-corrected chi connectivity index (χ3v) is 10.1. The van der Waals surface area contributed by atoms with E-state index < -0.39 is 10.0 Å². The number of hydrogen-bond donors (Lipinski definition) is 2. The lowest BCUT2D eigenvalue weighted by molar-refractivity contribution is 0.0806. The van der Waals surface area contributed by atoms with Gasteiger partial charge < -0.3 is 10.7 Å². The molecule has 0 unspecified atom stereocenters. The van der Waals surface area contributed by atoms with Crippen LogP contribution in [0.5, 0.6) is 0 Å². The number of nitrogens with one attached hydrogen (secondary N) is 2. The molecule has 1 atom stereocenters. The second kappa shape index (κ2) is 10.6. The van der Waals surface area contributed by atoms with Crippen LogP contribution in [0, 0.1) is 31.0 Å². The summed E-state index contributed by atoms with van der Waals surface area (Å²) >= 11 is 1.34. The quantitative estimate of drug-likeness (QED) is 0.368. The summed E-state index contributed by atoms with van der Waals surface area (Å²) in [6.07, 6.45) is 5.00. The average Bonchev–Trinajstić information content (AvgIpc) is 3.30. The van der Waals surface area contributed by atoms with E-state index in [1.807, 2.05) is 26.0 Å². The lowest BCUT2D eigenvalue weighted by atomic mass is 9.84. The normalized spacial score (nSPS) is 19.5. The first kappa shape index (κ1) is 26.0. The molecule has 5 rings (SSSR count). The summed E-state index contributed by atoms with van der Waals surface area (Å²) in [4.78, 5) is 6.68. The van der Waals surface area contributed by atoms with E-state index in [1.165, 1.54) is 48.9 Å². The van der Waals surface area contributed by atoms with E-state index in [9.17, 15) is 12.8 Å². The lowest BCUT2D eigenvalue weighted by Gasteiger charge is -2.44. The fourth-order valence-corrected chi connectivity index (χ4v) is 7.49. The van der Waals surface area contributed by atoms with Crippen LogP contribution < -0.4 is 5.32 Å². The minimum atomic E-state index is -3.69. The SMILES string of the molecule is Cc1nc(S(=O)(=O)N2CCN(CC3CCC3)[C@@H](c3cc(C=N)c(Nc4ccc(F)cc4)cc3C)C2)cs1. The van der Waals surface area contributed by atoms with E-state index >= 15 is 0 Å². The Kier molecular flexibility index (Phi) is 7.44. The Morgan fingerprint density at radius 3 is 2.57 bits per heavy atom. The molecule has 2 heterocycles. The summed E-state index contributed by atoms with van der Waals surface area (Å²) in [5.74, 6) is 0.342. The monoisotopic (exact) mass is 541 g/mol. The fraction of sp³-hybridized carbons (Fsp3) is 0.407. The topological polar surface area (TPSA) is 89.4 Å². The molecule has 0 spiro atoms. The van der Waals surface area contributed by atoms with Crippen molar-refractivity contribution < 1.29 is 12.8 Å². The van der Waals surface area contributed by atoms with Gasteiger partial charge in [-0.05, 0) is 80.1 Å². The maximum absolute atomic E-state index is 13.4. The highest BCUT2D eigenvalue weighted by Crippen LogP contribution is 2.37. The second-order valence-electron chi connectivity index (χ2n) is 9.95. The number of benzene rings is 2. The van der Waals surface area contributed by atoms with Crippen LogP contribution in [0.25, 0.3) is 0 Å². The molecular weight excluding hydrogens is 509 g/mol. The van der Waals surface area contributed by atoms with Crippen LogP contribution in [-0.4, -0.2) is 55.0 Å². The summed E-state index contributed by atoms with van der Waals surface area (Å²) in [6.45, 7) is 6.21. The Morgan fingerprint density at radius 1 is 1.19 bits per heavy atom. The Bertz CT molecular complexity index is 1390. The van der Waals surface area contributed by atoms with Gasteiger partial charge >= 0.3 is 0 Å². The van der Waals surface area contributed by atoms with Crippen LogP contribution in [0.3, 0.4) is 0 Å². The minimum Gasteiger partial charge on any atom is -0.355 e. The standard InChI is InChI=1S/C27H32FN5O2S2/c1-18-12-25(31-23-8-6-22(28)7-9-23)21(14-29)13-24(18)26-16-33(11-10-32(26)15-20-4-3-5-20)37(34,35)27-17-36-19(2)30-27/h6-9,12-14,17,20,26,29,31H,3-5,10-11,15-16H2,1-2H3/t26-/m1/s1. The highest BCUT2D eigenvalue weighted by atomic mass is 32.2. The molecule has 1 aliphatic carbocycles. The first-order valence-electron chi connectivity index (χ1n) is 12.6. The van der Waals surface area contributed by atoms with Crippen LogP contribution in [-0.2, 0) is 10.0 Å². The van der Waals surface area contributed by atoms with Crippen molar-refractivity contribution in [2.75, 3.05) is 31.5 Å². The van der Waals surface area contributed by atoms with Crippen LogP contribution in [0.2, 0.25) is 0 Å². The first-order valence-corrected chi connectivity index (χ1v) is 14.9. The number of piperazine rings is 1. The summed E-state index contributed by atoms with van der Waals surface area (Å²) in [6, 6.07) is 9.99. The highest BCUT2D eigenvalue weighted by molar-refractivity contribution is 7.89. The van der Waals surface area contributed by atoms with Gasteiger partial charge in [-0.15, -0.1) is 11.3 Å². The summed E-state index contributed by atoms with van der Waals surface area (Å²) in [5, 5.41) is 13.8. The molecular formula is C27H32FN5O2S2. The molecule has 2 fully saturated rings. The number of halogens is 1. The van der Waals surface area contributed by atoms with Crippen LogP contribution in [0.1, 0.15) is 47.0 Å². The number of aromatic nitrogens is 1. The van der Waals surface area contributed by atoms with Crippen molar-refractivity contribution in [3.8, 4) is 0 Å². The van der Waals surface area contributed by atoms with Crippen molar-refractivity contribution in [2.24, 2.45) is 5.92 Å². The van der Waals surface area contributed by atoms with Crippen molar-refractivity contribution in [3.63, 3.8) is 0 Å². The van der Waals surface area contributed by atoms with E-state index in [2.05, 4.69) is 15.2 Å². The Balaban J connectivity index is 1.47. The molecule has 10 heteroatoms. The van der Waals surface area contributed by atoms with Crippen molar-refractivity contribution in [3.05, 3.63) is 69.3 Å². The number of thiazole rings is 1. The van der Waals surface area contributed by atoms with Gasteiger partial charge in [0, 0.05) is 60.8 Å². The molecule has 2 aliphatic rings. The third kappa shape index (κ3) is 5.47. The average molecular weight is 542 g/mol. The summed E-state index contributed by atoms with van der Waals surface area (Å²) in [7, 11) is -3.69. The number of nitrogens with zero attached hydrogens (tertiary/aromatic N) is 3. The highest BCUT2D eigenvalue weighted by Gasteiger charge is 2.38. The molecule has 0 bridgehead atoms. The molecule has 2 aromatic carbocycles. The van der Waals surface area contributed by atoms with Gasteiger partial charge in [-0.3, -0.25) is 4.90 Å². The van der Waals surface area contributed by atoms with E-state index in [1.54, 1.807) is 21.8 Å². The van der Waals surface area contributed by atoms with Gasteiger partial charge in [-0.1, -0.05) is 6.42 Å². The van der Waals surface area contributed by atoms with Gasteiger partial charge in [-0.25, -0.2) is 17.8 Å². The van der Waals surface area contributed by atoms with Crippen LogP contribution >= 0.6 is 11.3 Å². The number of rotatable bonds is 8. The van der Waals surface area contributed by atoms with E-state index in [-0.39, 0.29) is 16.9 Å². The first-order chi connectivity index (χ1) is 17.7. The smallest absolute Gasteiger partial charge is 0.261 e. The molecule has 0 amide bonds. The van der Waals surface area contributed by atoms with Crippen molar-refractivity contribution >= 4 is 38.9 Å². The van der Waals surface area contributed by atoms with Gasteiger partial charge in [0.15, 0.2) is 5.03 Å². The number of anilines is 2. The predicted molar refractivity (Wildman–Crippen MR) is 146 cm³/mol. The number of sulfonamides is 1. The maximum atomic E-state index is 13.4. The van der Waals surface area contributed by atoms with Crippen LogP contribution in [0.4, 0.5) is 15.8 Å². The molecule has 37 heavy (non-hydrogen) atoms.